The molecule has 1 amide bonds. The van der Waals surface area contributed by atoms with Crippen LogP contribution in [-0.2, 0) is 6.18 Å². The van der Waals surface area contributed by atoms with Crippen LogP contribution in [0.4, 0.5) is 23.2 Å². The monoisotopic (exact) mass is 408 g/mol. The topological polar surface area (TPSA) is 67.8 Å². The first-order valence-corrected chi connectivity index (χ1v) is 9.05. The van der Waals surface area contributed by atoms with Gasteiger partial charge in [-0.05, 0) is 48.5 Å². The number of amides is 1. The summed E-state index contributed by atoms with van der Waals surface area (Å²) in [6.45, 7) is 0. The van der Waals surface area contributed by atoms with E-state index in [2.05, 4.69) is 19.7 Å². The molecule has 4 rings (SSSR count). The van der Waals surface area contributed by atoms with Crippen LogP contribution in [0, 0.1) is 5.82 Å². The summed E-state index contributed by atoms with van der Waals surface area (Å²) in [6, 6.07) is 3.34. The minimum Gasteiger partial charge on any atom is -0.321 e. The van der Waals surface area contributed by atoms with Crippen molar-refractivity contribution in [3.8, 4) is 11.3 Å². The van der Waals surface area contributed by atoms with Crippen molar-refractivity contribution in [2.45, 2.75) is 24.9 Å². The molecule has 3 aromatic heterocycles. The van der Waals surface area contributed by atoms with Crippen LogP contribution >= 0.6 is 11.5 Å². The normalized spacial score (nSPS) is 14.1. The second-order valence-electron chi connectivity index (χ2n) is 6.32. The smallest absolute Gasteiger partial charge is 0.321 e. The lowest BCUT2D eigenvalue weighted by Gasteiger charge is -2.09. The van der Waals surface area contributed by atoms with Crippen molar-refractivity contribution in [2.24, 2.45) is 0 Å². The Morgan fingerprint density at radius 1 is 1.21 bits per heavy atom. The Hall–Kier alpha value is -2.88. The third-order valence-electron chi connectivity index (χ3n) is 4.21. The molecule has 0 aliphatic heterocycles. The van der Waals surface area contributed by atoms with Gasteiger partial charge in [-0.25, -0.2) is 4.39 Å². The predicted octanol–water partition coefficient (Wildman–Crippen LogP) is 4.89. The molecule has 0 aromatic carbocycles. The summed E-state index contributed by atoms with van der Waals surface area (Å²) in [5.74, 6) is -0.968. The third-order valence-corrected chi connectivity index (χ3v) is 5.07. The van der Waals surface area contributed by atoms with Gasteiger partial charge in [-0.2, -0.15) is 17.5 Å². The molecule has 0 saturated heterocycles. The number of anilines is 1. The van der Waals surface area contributed by atoms with Crippen molar-refractivity contribution in [1.29, 1.82) is 0 Å². The number of nitrogens with zero attached hydrogens (tertiary/aromatic N) is 3. The summed E-state index contributed by atoms with van der Waals surface area (Å²) in [6.07, 6.45) is 0.634. The van der Waals surface area contributed by atoms with Gasteiger partial charge in [0.2, 0.25) is 0 Å². The number of nitrogens with one attached hydrogen (secondary N) is 1. The maximum atomic E-state index is 13.5. The highest BCUT2D eigenvalue weighted by Gasteiger charge is 2.35. The standard InChI is InChI=1S/C18H12F4N4OS/c19-11-5-10(7-23-8-11)15-14(9-1-2-9)16(28-26-15)17(27)25-12-3-4-24-13(6-12)18(20,21)22/h3-9H,1-2H2,(H,24,25,27). The van der Waals surface area contributed by atoms with Crippen LogP contribution in [0.25, 0.3) is 11.3 Å². The SMILES string of the molecule is O=C(Nc1ccnc(C(F)(F)F)c1)c1snc(-c2cncc(F)c2)c1C1CC1. The molecule has 5 nitrogen and oxygen atoms in total. The maximum Gasteiger partial charge on any atom is 0.433 e. The number of halogens is 4. The van der Waals surface area contributed by atoms with E-state index in [4.69, 9.17) is 0 Å². The summed E-state index contributed by atoms with van der Waals surface area (Å²) < 4.78 is 56.2. The van der Waals surface area contributed by atoms with Gasteiger partial charge in [0, 0.05) is 29.2 Å². The molecule has 1 aliphatic rings. The summed E-state index contributed by atoms with van der Waals surface area (Å²) in [7, 11) is 0. The molecule has 10 heteroatoms. The summed E-state index contributed by atoms with van der Waals surface area (Å²) >= 11 is 0.932. The van der Waals surface area contributed by atoms with Crippen LogP contribution in [-0.4, -0.2) is 20.2 Å². The minimum absolute atomic E-state index is 0.0172. The molecule has 0 radical (unpaired) electrons. The van der Waals surface area contributed by atoms with E-state index >= 15 is 0 Å². The van der Waals surface area contributed by atoms with E-state index in [1.165, 1.54) is 18.3 Å². The zero-order chi connectivity index (χ0) is 19.9. The van der Waals surface area contributed by atoms with E-state index in [-0.39, 0.29) is 11.6 Å². The van der Waals surface area contributed by atoms with Crippen molar-refractivity contribution >= 4 is 23.1 Å². The first kappa shape index (κ1) is 18.5. The highest BCUT2D eigenvalue weighted by molar-refractivity contribution is 7.08. The van der Waals surface area contributed by atoms with Crippen molar-refractivity contribution in [3.05, 3.63) is 58.7 Å². The largest absolute Gasteiger partial charge is 0.433 e. The summed E-state index contributed by atoms with van der Waals surface area (Å²) in [5, 5.41) is 2.47. The molecule has 0 bridgehead atoms. The van der Waals surface area contributed by atoms with Crippen molar-refractivity contribution < 1.29 is 22.4 Å². The van der Waals surface area contributed by atoms with Gasteiger partial charge < -0.3 is 5.32 Å². The Kier molecular flexibility index (Phi) is 4.58. The fraction of sp³-hybridized carbons (Fsp3) is 0.222. The van der Waals surface area contributed by atoms with E-state index in [1.807, 2.05) is 0 Å². The molecule has 1 saturated carbocycles. The highest BCUT2D eigenvalue weighted by atomic mass is 32.1. The zero-order valence-corrected chi connectivity index (χ0v) is 14.9. The molecule has 144 valence electrons. The van der Waals surface area contributed by atoms with Gasteiger partial charge in [-0.15, -0.1) is 0 Å². The van der Waals surface area contributed by atoms with Gasteiger partial charge in [0.1, 0.15) is 16.4 Å². The highest BCUT2D eigenvalue weighted by Crippen LogP contribution is 2.47. The Balaban J connectivity index is 1.66. The molecule has 0 atom stereocenters. The van der Waals surface area contributed by atoms with E-state index in [1.54, 1.807) is 0 Å². The van der Waals surface area contributed by atoms with Crippen molar-refractivity contribution in [3.63, 3.8) is 0 Å². The average Bonchev–Trinajstić information content (AvgIpc) is 3.39. The molecule has 3 heterocycles. The number of carbonyl (C=O) groups is 1. The summed E-state index contributed by atoms with van der Waals surface area (Å²) in [4.78, 5) is 20.1. The van der Waals surface area contributed by atoms with Crippen molar-refractivity contribution in [1.82, 2.24) is 14.3 Å². The molecule has 0 spiro atoms. The lowest BCUT2D eigenvalue weighted by Crippen LogP contribution is -2.14. The zero-order valence-electron chi connectivity index (χ0n) is 14.1. The quantitative estimate of drug-likeness (QED) is 0.625. The minimum atomic E-state index is -4.61. The first-order chi connectivity index (χ1) is 13.3. The Bertz CT molecular complexity index is 1050. The van der Waals surface area contributed by atoms with Gasteiger partial charge in [0.25, 0.3) is 5.91 Å². The van der Waals surface area contributed by atoms with Crippen molar-refractivity contribution in [2.75, 3.05) is 5.32 Å². The number of carbonyl (C=O) groups excluding carboxylic acids is 1. The Labute approximate surface area is 160 Å². The molecular formula is C18H12F4N4OS. The Morgan fingerprint density at radius 3 is 2.68 bits per heavy atom. The third kappa shape index (κ3) is 3.72. The van der Waals surface area contributed by atoms with Crippen LogP contribution in [0.1, 0.15) is 39.7 Å². The van der Waals surface area contributed by atoms with E-state index in [0.29, 0.717) is 21.7 Å². The number of hydrogen-bond acceptors (Lipinski definition) is 5. The molecule has 0 unspecified atom stereocenters. The number of pyridine rings is 2. The van der Waals surface area contributed by atoms with Gasteiger partial charge >= 0.3 is 6.18 Å². The lowest BCUT2D eigenvalue weighted by molar-refractivity contribution is -0.141. The van der Waals surface area contributed by atoms with E-state index in [0.717, 1.165) is 42.8 Å². The number of hydrogen-bond donors (Lipinski definition) is 1. The molecule has 1 aliphatic carbocycles. The van der Waals surface area contributed by atoms with Gasteiger partial charge in [-0.3, -0.25) is 14.8 Å². The van der Waals surface area contributed by atoms with E-state index < -0.39 is 23.6 Å². The lowest BCUT2D eigenvalue weighted by atomic mass is 10.0. The van der Waals surface area contributed by atoms with Gasteiger partial charge in [0.05, 0.1) is 11.9 Å². The second kappa shape index (κ2) is 6.93. The Morgan fingerprint density at radius 2 is 2.00 bits per heavy atom. The molecule has 1 N–H and O–H groups in total. The second-order valence-corrected chi connectivity index (χ2v) is 7.10. The number of rotatable bonds is 4. The summed E-state index contributed by atoms with van der Waals surface area (Å²) in [5.41, 5.74) is 0.510. The van der Waals surface area contributed by atoms with Gasteiger partial charge in [-0.1, -0.05) is 0 Å². The van der Waals surface area contributed by atoms with E-state index in [9.17, 15) is 22.4 Å². The molecule has 3 aromatic rings. The first-order valence-electron chi connectivity index (χ1n) is 8.28. The van der Waals surface area contributed by atoms with Crippen LogP contribution in [0.2, 0.25) is 0 Å². The molecular weight excluding hydrogens is 396 g/mol. The predicted molar refractivity (Wildman–Crippen MR) is 94.5 cm³/mol. The van der Waals surface area contributed by atoms with Crippen LogP contribution in [0.15, 0.2) is 36.8 Å². The fourth-order valence-corrected chi connectivity index (χ4v) is 3.69. The molecule has 1 fully saturated rings. The van der Waals surface area contributed by atoms with Crippen LogP contribution in [0.3, 0.4) is 0 Å². The fourth-order valence-electron chi connectivity index (χ4n) is 2.81. The van der Waals surface area contributed by atoms with Crippen LogP contribution < -0.4 is 5.32 Å². The van der Waals surface area contributed by atoms with Crippen LogP contribution in [0.5, 0.6) is 0 Å². The average molecular weight is 408 g/mol. The number of alkyl halides is 3. The number of aromatic nitrogens is 3. The van der Waals surface area contributed by atoms with Gasteiger partial charge in [0.15, 0.2) is 0 Å². The maximum absolute atomic E-state index is 13.5. The molecule has 28 heavy (non-hydrogen) atoms.